The van der Waals surface area contributed by atoms with Gasteiger partial charge in [0.25, 0.3) is 0 Å². The third-order valence-corrected chi connectivity index (χ3v) is 5.62. The minimum absolute atomic E-state index is 0.183. The summed E-state index contributed by atoms with van der Waals surface area (Å²) in [7, 11) is 0. The number of para-hydroxylation sites is 1. The molecule has 1 amide bonds. The van der Waals surface area contributed by atoms with E-state index in [4.69, 9.17) is 4.74 Å². The first-order chi connectivity index (χ1) is 12.8. The van der Waals surface area contributed by atoms with Crippen molar-refractivity contribution >= 4 is 23.6 Å². The highest BCUT2D eigenvalue weighted by molar-refractivity contribution is 7.99. The lowest BCUT2D eigenvalue weighted by Crippen LogP contribution is -2.37. The van der Waals surface area contributed by atoms with Crippen LogP contribution in [0.25, 0.3) is 5.69 Å². The summed E-state index contributed by atoms with van der Waals surface area (Å²) in [6.07, 6.45) is 2.22. The first-order valence-electron chi connectivity index (χ1n) is 9.07. The van der Waals surface area contributed by atoms with E-state index in [1.54, 1.807) is 0 Å². The van der Waals surface area contributed by atoms with E-state index >= 15 is 0 Å². The maximum absolute atomic E-state index is 12.4. The second kappa shape index (κ2) is 8.09. The van der Waals surface area contributed by atoms with E-state index in [0.29, 0.717) is 19.0 Å². The second-order valence-electron chi connectivity index (χ2n) is 6.43. The highest BCUT2D eigenvalue weighted by atomic mass is 32.2. The van der Waals surface area contributed by atoms with Crippen LogP contribution in [-0.4, -0.2) is 70.7 Å². The highest BCUT2D eigenvalue weighted by Gasteiger charge is 2.23. The van der Waals surface area contributed by atoms with Crippen molar-refractivity contribution in [3.05, 3.63) is 30.3 Å². The molecule has 0 spiro atoms. The summed E-state index contributed by atoms with van der Waals surface area (Å²) in [6, 6.07) is 10.1. The van der Waals surface area contributed by atoms with Gasteiger partial charge in [-0.15, -0.1) is 10.2 Å². The molecule has 1 aromatic heterocycles. The molecular formula is C18H23N5O2S. The lowest BCUT2D eigenvalue weighted by atomic mass is 10.3. The number of likely N-dealkylation sites (tertiary alicyclic amines) is 1. The smallest absolute Gasteiger partial charge is 0.233 e. The van der Waals surface area contributed by atoms with E-state index in [9.17, 15) is 4.79 Å². The monoisotopic (exact) mass is 373 g/mol. The van der Waals surface area contributed by atoms with Crippen LogP contribution in [0, 0.1) is 0 Å². The minimum Gasteiger partial charge on any atom is -0.378 e. The maximum atomic E-state index is 12.4. The zero-order chi connectivity index (χ0) is 17.8. The van der Waals surface area contributed by atoms with Gasteiger partial charge in [0.1, 0.15) is 0 Å². The number of amides is 1. The van der Waals surface area contributed by atoms with Crippen molar-refractivity contribution in [2.75, 3.05) is 50.0 Å². The van der Waals surface area contributed by atoms with Gasteiger partial charge in [-0.1, -0.05) is 30.0 Å². The van der Waals surface area contributed by atoms with E-state index < -0.39 is 0 Å². The number of hydrogen-bond acceptors (Lipinski definition) is 6. The number of nitrogens with zero attached hydrogens (tertiary/aromatic N) is 5. The lowest BCUT2D eigenvalue weighted by molar-refractivity contribution is -0.127. The fourth-order valence-corrected chi connectivity index (χ4v) is 4.16. The van der Waals surface area contributed by atoms with Crippen LogP contribution in [-0.2, 0) is 9.53 Å². The van der Waals surface area contributed by atoms with Crippen LogP contribution >= 0.6 is 11.8 Å². The Morgan fingerprint density at radius 3 is 2.50 bits per heavy atom. The normalized spacial score (nSPS) is 17.7. The van der Waals surface area contributed by atoms with E-state index in [0.717, 1.165) is 55.8 Å². The van der Waals surface area contributed by atoms with Gasteiger partial charge in [-0.2, -0.15) is 0 Å². The van der Waals surface area contributed by atoms with E-state index in [1.165, 1.54) is 11.8 Å². The summed E-state index contributed by atoms with van der Waals surface area (Å²) in [4.78, 5) is 16.5. The molecular weight excluding hydrogens is 350 g/mol. The van der Waals surface area contributed by atoms with Crippen LogP contribution in [0.4, 0.5) is 5.95 Å². The largest absolute Gasteiger partial charge is 0.378 e. The maximum Gasteiger partial charge on any atom is 0.233 e. The Bertz CT molecular complexity index is 739. The van der Waals surface area contributed by atoms with Crippen LogP contribution in [0.1, 0.15) is 12.8 Å². The van der Waals surface area contributed by atoms with Gasteiger partial charge in [-0.05, 0) is 25.0 Å². The number of anilines is 1. The van der Waals surface area contributed by atoms with Crippen LogP contribution in [0.3, 0.4) is 0 Å². The Balaban J connectivity index is 1.57. The SMILES string of the molecule is O=C(CSc1nnc(N2CCOCC2)n1-c1ccccc1)N1CCCC1. The van der Waals surface area contributed by atoms with Gasteiger partial charge in [0.2, 0.25) is 11.9 Å². The van der Waals surface area contributed by atoms with Crippen LogP contribution in [0.15, 0.2) is 35.5 Å². The zero-order valence-electron chi connectivity index (χ0n) is 14.7. The fraction of sp³-hybridized carbons (Fsp3) is 0.500. The number of ether oxygens (including phenoxy) is 1. The van der Waals surface area contributed by atoms with Gasteiger partial charge in [-0.3, -0.25) is 9.36 Å². The minimum atomic E-state index is 0.183. The number of hydrogen-bond donors (Lipinski definition) is 0. The lowest BCUT2D eigenvalue weighted by Gasteiger charge is -2.27. The molecule has 138 valence electrons. The third kappa shape index (κ3) is 3.71. The molecule has 0 saturated carbocycles. The Morgan fingerprint density at radius 1 is 1.04 bits per heavy atom. The van der Waals surface area contributed by atoms with E-state index in [2.05, 4.69) is 15.1 Å². The molecule has 7 nitrogen and oxygen atoms in total. The average Bonchev–Trinajstić information content (AvgIpc) is 3.37. The molecule has 0 unspecified atom stereocenters. The molecule has 2 aliphatic heterocycles. The van der Waals surface area contributed by atoms with Crippen molar-refractivity contribution in [1.82, 2.24) is 19.7 Å². The highest BCUT2D eigenvalue weighted by Crippen LogP contribution is 2.27. The molecule has 26 heavy (non-hydrogen) atoms. The van der Waals surface area contributed by atoms with Gasteiger partial charge >= 0.3 is 0 Å². The predicted molar refractivity (Wildman–Crippen MR) is 101 cm³/mol. The topological polar surface area (TPSA) is 63.5 Å². The quantitative estimate of drug-likeness (QED) is 0.745. The van der Waals surface area contributed by atoms with Crippen molar-refractivity contribution < 1.29 is 9.53 Å². The number of benzene rings is 1. The average molecular weight is 373 g/mol. The summed E-state index contributed by atoms with van der Waals surface area (Å²) < 4.78 is 7.50. The summed E-state index contributed by atoms with van der Waals surface area (Å²) in [5.74, 6) is 1.40. The van der Waals surface area contributed by atoms with Crippen LogP contribution in [0.2, 0.25) is 0 Å². The predicted octanol–water partition coefficient (Wildman–Crippen LogP) is 1.82. The van der Waals surface area contributed by atoms with Crippen molar-refractivity contribution in [2.24, 2.45) is 0 Å². The number of rotatable bonds is 5. The first-order valence-corrected chi connectivity index (χ1v) is 10.1. The van der Waals surface area contributed by atoms with Crippen LogP contribution in [0.5, 0.6) is 0 Å². The molecule has 8 heteroatoms. The molecule has 2 fully saturated rings. The summed E-state index contributed by atoms with van der Waals surface area (Å²) in [5.41, 5.74) is 1.01. The zero-order valence-corrected chi connectivity index (χ0v) is 15.5. The number of carbonyl (C=O) groups excluding carboxylic acids is 1. The Hall–Kier alpha value is -2.06. The van der Waals surface area contributed by atoms with Gasteiger partial charge in [0.05, 0.1) is 24.7 Å². The number of thioether (sulfide) groups is 1. The molecule has 2 saturated heterocycles. The molecule has 1 aromatic carbocycles. The molecule has 0 radical (unpaired) electrons. The second-order valence-corrected chi connectivity index (χ2v) is 7.37. The van der Waals surface area contributed by atoms with Crippen molar-refractivity contribution in [1.29, 1.82) is 0 Å². The fourth-order valence-electron chi connectivity index (χ4n) is 3.31. The molecule has 0 bridgehead atoms. The van der Waals surface area contributed by atoms with Gasteiger partial charge in [-0.25, -0.2) is 0 Å². The molecule has 4 rings (SSSR count). The van der Waals surface area contributed by atoms with Gasteiger partial charge in [0.15, 0.2) is 5.16 Å². The molecule has 2 aromatic rings. The van der Waals surface area contributed by atoms with Crippen LogP contribution < -0.4 is 4.90 Å². The molecule has 3 heterocycles. The molecule has 2 aliphatic rings. The summed E-state index contributed by atoms with van der Waals surface area (Å²) in [5, 5.41) is 9.57. The van der Waals surface area contributed by atoms with Crippen molar-refractivity contribution in [3.63, 3.8) is 0 Å². The van der Waals surface area contributed by atoms with E-state index in [-0.39, 0.29) is 5.91 Å². The number of morpholine rings is 1. The Kier molecular flexibility index (Phi) is 5.40. The number of carbonyl (C=O) groups is 1. The first kappa shape index (κ1) is 17.4. The number of aromatic nitrogens is 3. The third-order valence-electron chi connectivity index (χ3n) is 4.71. The molecule has 0 aliphatic carbocycles. The summed E-state index contributed by atoms with van der Waals surface area (Å²) >= 11 is 1.46. The summed E-state index contributed by atoms with van der Waals surface area (Å²) in [6.45, 7) is 4.73. The van der Waals surface area contributed by atoms with Gasteiger partial charge < -0.3 is 14.5 Å². The Labute approximate surface area is 157 Å². The van der Waals surface area contributed by atoms with E-state index in [1.807, 2.05) is 39.8 Å². The van der Waals surface area contributed by atoms with Gasteiger partial charge in [0, 0.05) is 26.2 Å². The molecule has 0 N–H and O–H groups in total. The van der Waals surface area contributed by atoms with Crippen molar-refractivity contribution in [2.45, 2.75) is 18.0 Å². The molecule has 0 atom stereocenters. The standard InChI is InChI=1S/C18H23N5O2S/c24-16(21-8-4-5-9-21)14-26-18-20-19-17(22-10-12-25-13-11-22)23(18)15-6-2-1-3-7-15/h1-3,6-7H,4-5,8-14H2. The van der Waals surface area contributed by atoms with Crippen molar-refractivity contribution in [3.8, 4) is 5.69 Å². The Morgan fingerprint density at radius 2 is 1.77 bits per heavy atom.